The van der Waals surface area contributed by atoms with E-state index in [1.807, 2.05) is 50.3 Å². The molecule has 164 valence electrons. The number of thioether (sulfide) groups is 1. The summed E-state index contributed by atoms with van der Waals surface area (Å²) in [5.41, 5.74) is 11.9. The van der Waals surface area contributed by atoms with Crippen molar-refractivity contribution in [3.8, 4) is 0 Å². The fraction of sp³-hybridized carbons (Fsp3) is 0.160. The molecule has 4 rings (SSSR count). The zero-order valence-corrected chi connectivity index (χ0v) is 19.5. The van der Waals surface area contributed by atoms with Gasteiger partial charge in [0, 0.05) is 33.8 Å². The Morgan fingerprint density at radius 2 is 2.00 bits per heavy atom. The van der Waals surface area contributed by atoms with E-state index < -0.39 is 0 Å². The van der Waals surface area contributed by atoms with Crippen molar-refractivity contribution in [2.24, 2.45) is 10.7 Å². The standard InChI is InChI=1S/C25H24ClFN4S/c1-4-29-20-13-21(16-6-8-17(26)9-7-16)32-24(20)25(28)30-12-11-18-15(3)31-23-19(27)10-5-14(2)22(18)23/h4-10,13,30-31H,1,11-12,28H2,2-3H3/b25-24-,29-20-. The van der Waals surface area contributed by atoms with E-state index >= 15 is 0 Å². The van der Waals surface area contributed by atoms with E-state index in [9.17, 15) is 4.39 Å². The number of nitrogens with one attached hydrogen (secondary N) is 2. The van der Waals surface area contributed by atoms with E-state index in [0.29, 0.717) is 29.3 Å². The molecule has 0 atom stereocenters. The van der Waals surface area contributed by atoms with Gasteiger partial charge in [0.15, 0.2) is 0 Å². The lowest BCUT2D eigenvalue weighted by atomic mass is 10.0. The Labute approximate surface area is 196 Å². The van der Waals surface area contributed by atoms with Crippen LogP contribution in [0.1, 0.15) is 22.4 Å². The van der Waals surface area contributed by atoms with Gasteiger partial charge in [0.25, 0.3) is 0 Å². The van der Waals surface area contributed by atoms with Crippen LogP contribution in [0.4, 0.5) is 4.39 Å². The number of aryl methyl sites for hydroxylation is 2. The lowest BCUT2D eigenvalue weighted by Crippen LogP contribution is -2.25. The molecule has 0 spiro atoms. The van der Waals surface area contributed by atoms with Crippen LogP contribution in [0.3, 0.4) is 0 Å². The molecule has 4 nitrogen and oxygen atoms in total. The highest BCUT2D eigenvalue weighted by Crippen LogP contribution is 2.41. The number of rotatable bonds is 6. The predicted octanol–water partition coefficient (Wildman–Crippen LogP) is 6.21. The van der Waals surface area contributed by atoms with Gasteiger partial charge in [0.1, 0.15) is 11.6 Å². The van der Waals surface area contributed by atoms with Gasteiger partial charge >= 0.3 is 0 Å². The highest BCUT2D eigenvalue weighted by Gasteiger charge is 2.22. The highest BCUT2D eigenvalue weighted by molar-refractivity contribution is 8.13. The fourth-order valence-corrected chi connectivity index (χ4v) is 5.05. The maximum absolute atomic E-state index is 14.2. The third-order valence-corrected chi connectivity index (χ3v) is 6.90. The fourth-order valence-electron chi connectivity index (χ4n) is 3.88. The third kappa shape index (κ3) is 4.33. The first-order chi connectivity index (χ1) is 15.4. The zero-order valence-electron chi connectivity index (χ0n) is 17.9. The minimum absolute atomic E-state index is 0.233. The number of fused-ring (bicyclic) bond motifs is 1. The molecule has 0 fully saturated rings. The molecule has 2 heterocycles. The first kappa shape index (κ1) is 22.2. The topological polar surface area (TPSA) is 66.2 Å². The van der Waals surface area contributed by atoms with Crippen LogP contribution in [0.5, 0.6) is 0 Å². The zero-order chi connectivity index (χ0) is 22.8. The second-order valence-electron chi connectivity index (χ2n) is 7.58. The maximum atomic E-state index is 14.2. The molecule has 0 aliphatic carbocycles. The average molecular weight is 467 g/mol. The van der Waals surface area contributed by atoms with Gasteiger partial charge in [0.05, 0.1) is 16.1 Å². The normalized spacial score (nSPS) is 16.5. The molecule has 0 radical (unpaired) electrons. The summed E-state index contributed by atoms with van der Waals surface area (Å²) < 4.78 is 14.2. The average Bonchev–Trinajstić information content (AvgIpc) is 3.34. The molecule has 32 heavy (non-hydrogen) atoms. The number of nitrogens with zero attached hydrogens (tertiary/aromatic N) is 1. The number of hydrogen-bond donors (Lipinski definition) is 3. The predicted molar refractivity (Wildman–Crippen MR) is 135 cm³/mol. The second kappa shape index (κ2) is 9.27. The summed E-state index contributed by atoms with van der Waals surface area (Å²) in [7, 11) is 0. The molecule has 7 heteroatoms. The number of halogens is 2. The monoisotopic (exact) mass is 466 g/mol. The van der Waals surface area contributed by atoms with E-state index in [2.05, 4.69) is 21.9 Å². The Morgan fingerprint density at radius 3 is 2.72 bits per heavy atom. The number of nitrogens with two attached hydrogens (primary N) is 1. The molecule has 0 unspecified atom stereocenters. The quantitative estimate of drug-likeness (QED) is 0.404. The molecule has 3 aromatic rings. The summed E-state index contributed by atoms with van der Waals surface area (Å²) in [5, 5.41) is 4.96. The van der Waals surface area contributed by atoms with Crippen LogP contribution >= 0.6 is 23.4 Å². The van der Waals surface area contributed by atoms with Gasteiger partial charge in [-0.3, -0.25) is 4.99 Å². The molecule has 1 aliphatic heterocycles. The van der Waals surface area contributed by atoms with Gasteiger partial charge in [-0.2, -0.15) is 0 Å². The molecule has 0 amide bonds. The molecule has 1 aromatic heterocycles. The molecule has 4 N–H and O–H groups in total. The Morgan fingerprint density at radius 1 is 1.25 bits per heavy atom. The summed E-state index contributed by atoms with van der Waals surface area (Å²) in [6.45, 7) is 8.30. The minimum atomic E-state index is -0.233. The second-order valence-corrected chi connectivity index (χ2v) is 9.07. The lowest BCUT2D eigenvalue weighted by molar-refractivity contribution is 0.637. The highest BCUT2D eigenvalue weighted by atomic mass is 35.5. The van der Waals surface area contributed by atoms with Gasteiger partial charge in [-0.05, 0) is 61.2 Å². The first-order valence-corrected chi connectivity index (χ1v) is 11.4. The van der Waals surface area contributed by atoms with Crippen molar-refractivity contribution in [1.82, 2.24) is 10.3 Å². The molecule has 2 aromatic carbocycles. The summed E-state index contributed by atoms with van der Waals surface area (Å²) >= 11 is 7.58. The van der Waals surface area contributed by atoms with Gasteiger partial charge < -0.3 is 16.0 Å². The lowest BCUT2D eigenvalue weighted by Gasteiger charge is -2.11. The molecular formula is C25H24ClFN4S. The van der Waals surface area contributed by atoms with Crippen molar-refractivity contribution in [2.45, 2.75) is 20.3 Å². The van der Waals surface area contributed by atoms with E-state index in [1.54, 1.807) is 11.8 Å². The summed E-state index contributed by atoms with van der Waals surface area (Å²) in [4.78, 5) is 9.47. The largest absolute Gasteiger partial charge is 0.385 e. The number of H-pyrrole nitrogens is 1. The van der Waals surface area contributed by atoms with Crippen molar-refractivity contribution in [3.63, 3.8) is 0 Å². The van der Waals surface area contributed by atoms with Crippen LogP contribution in [0, 0.1) is 19.7 Å². The van der Waals surface area contributed by atoms with E-state index in [1.165, 1.54) is 12.3 Å². The molecule has 1 aliphatic rings. The summed E-state index contributed by atoms with van der Waals surface area (Å²) in [6.07, 6.45) is 4.21. The smallest absolute Gasteiger partial charge is 0.147 e. The van der Waals surface area contributed by atoms with Crippen molar-refractivity contribution in [2.75, 3.05) is 6.54 Å². The molecule has 0 bridgehead atoms. The van der Waals surface area contributed by atoms with Crippen LogP contribution in [-0.4, -0.2) is 17.2 Å². The first-order valence-electron chi connectivity index (χ1n) is 10.2. The Balaban J connectivity index is 1.53. The Bertz CT molecular complexity index is 1290. The van der Waals surface area contributed by atoms with E-state index in [0.717, 1.165) is 43.3 Å². The van der Waals surface area contributed by atoms with Crippen molar-refractivity contribution >= 4 is 44.9 Å². The number of aromatic nitrogens is 1. The molecule has 0 saturated carbocycles. The summed E-state index contributed by atoms with van der Waals surface area (Å²) in [5.74, 6) is 0.319. The molecular weight excluding hydrogens is 443 g/mol. The van der Waals surface area contributed by atoms with Crippen LogP contribution in [0.15, 0.2) is 71.0 Å². The Kier molecular flexibility index (Phi) is 6.44. The number of hydrogen-bond acceptors (Lipinski definition) is 4. The van der Waals surface area contributed by atoms with Crippen LogP contribution < -0.4 is 11.1 Å². The van der Waals surface area contributed by atoms with Gasteiger partial charge in [-0.15, -0.1) is 0 Å². The van der Waals surface area contributed by atoms with Crippen molar-refractivity contribution in [3.05, 3.63) is 99.2 Å². The number of allylic oxidation sites excluding steroid dienone is 2. The SMILES string of the molecule is C=C/N=C1/C=C(c2ccc(Cl)cc2)S/C1=C(/N)NCCc1c(C)[nH]c2c(F)ccc(C)c12. The van der Waals surface area contributed by atoms with Crippen LogP contribution in [0.2, 0.25) is 5.02 Å². The minimum Gasteiger partial charge on any atom is -0.385 e. The summed E-state index contributed by atoms with van der Waals surface area (Å²) in [6, 6.07) is 11.0. The van der Waals surface area contributed by atoms with Gasteiger partial charge in [-0.25, -0.2) is 4.39 Å². The van der Waals surface area contributed by atoms with Crippen molar-refractivity contribution < 1.29 is 4.39 Å². The number of benzene rings is 2. The van der Waals surface area contributed by atoms with Crippen LogP contribution in [-0.2, 0) is 6.42 Å². The van der Waals surface area contributed by atoms with Gasteiger partial charge in [-0.1, -0.05) is 48.1 Å². The van der Waals surface area contributed by atoms with Crippen molar-refractivity contribution in [1.29, 1.82) is 0 Å². The third-order valence-electron chi connectivity index (χ3n) is 5.44. The number of aliphatic imine (C=N–C) groups is 1. The van der Waals surface area contributed by atoms with E-state index in [4.69, 9.17) is 17.3 Å². The van der Waals surface area contributed by atoms with Gasteiger partial charge in [0.2, 0.25) is 0 Å². The Hall–Kier alpha value is -2.96. The van der Waals surface area contributed by atoms with Crippen LogP contribution in [0.25, 0.3) is 15.8 Å². The number of aromatic amines is 1. The molecule has 0 saturated heterocycles. The maximum Gasteiger partial charge on any atom is 0.147 e. The van der Waals surface area contributed by atoms with E-state index in [-0.39, 0.29) is 5.82 Å².